The van der Waals surface area contributed by atoms with Crippen LogP contribution in [0.1, 0.15) is 24.3 Å². The van der Waals surface area contributed by atoms with E-state index in [1.165, 1.54) is 12.1 Å². The largest absolute Gasteiger partial charge is 0.442 e. The van der Waals surface area contributed by atoms with Crippen molar-refractivity contribution in [3.05, 3.63) is 41.5 Å². The summed E-state index contributed by atoms with van der Waals surface area (Å²) in [6, 6.07) is 6.24. The van der Waals surface area contributed by atoms with Crippen molar-refractivity contribution in [2.24, 2.45) is 0 Å². The summed E-state index contributed by atoms with van der Waals surface area (Å²) in [6.45, 7) is 2.49. The van der Waals surface area contributed by atoms with E-state index in [-0.39, 0.29) is 42.8 Å². The quantitative estimate of drug-likeness (QED) is 0.841. The van der Waals surface area contributed by atoms with Crippen molar-refractivity contribution in [2.45, 2.75) is 38.3 Å². The van der Waals surface area contributed by atoms with Gasteiger partial charge in [0.2, 0.25) is 11.8 Å². The Hall–Kier alpha value is -2.90. The Balaban J connectivity index is 1.32. The van der Waals surface area contributed by atoms with Gasteiger partial charge in [0.05, 0.1) is 25.2 Å². The number of nitrogens with one attached hydrogen (secondary N) is 1. The molecule has 0 bridgehead atoms. The zero-order chi connectivity index (χ0) is 19.0. The number of rotatable bonds is 6. The maximum atomic E-state index is 13.4. The Morgan fingerprint density at radius 3 is 2.96 bits per heavy atom. The highest BCUT2D eigenvalue weighted by Gasteiger charge is 2.40. The molecule has 2 heterocycles. The van der Waals surface area contributed by atoms with Crippen LogP contribution in [0.2, 0.25) is 0 Å². The molecule has 7 nitrogen and oxygen atoms in total. The lowest BCUT2D eigenvalue weighted by molar-refractivity contribution is -0.120. The average Bonchev–Trinajstić information content (AvgIpc) is 3.32. The molecule has 2 amide bonds. The first-order valence-corrected chi connectivity index (χ1v) is 8.96. The molecule has 2 aromatic rings. The topological polar surface area (TPSA) is 84.7 Å². The highest BCUT2D eigenvalue weighted by Crippen LogP contribution is 2.30. The van der Waals surface area contributed by atoms with Crippen molar-refractivity contribution >= 4 is 12.0 Å². The van der Waals surface area contributed by atoms with Crippen LogP contribution in [0.15, 0.2) is 28.7 Å². The van der Waals surface area contributed by atoms with E-state index in [1.54, 1.807) is 24.0 Å². The third-order valence-corrected chi connectivity index (χ3v) is 4.71. The Labute approximate surface area is 155 Å². The van der Waals surface area contributed by atoms with Crippen LogP contribution in [0.25, 0.3) is 11.5 Å². The number of ether oxygens (including phenoxy) is 1. The molecule has 8 heteroatoms. The lowest BCUT2D eigenvalue weighted by atomic mass is 10.2. The number of carbonyl (C=O) groups is 2. The number of carbonyl (C=O) groups excluding carboxylic acids is 2. The zero-order valence-electron chi connectivity index (χ0n) is 14.9. The van der Waals surface area contributed by atoms with Crippen molar-refractivity contribution in [3.8, 4) is 11.5 Å². The van der Waals surface area contributed by atoms with Crippen LogP contribution in [-0.2, 0) is 16.0 Å². The predicted octanol–water partition coefficient (Wildman–Crippen LogP) is 2.43. The molecule has 142 valence electrons. The van der Waals surface area contributed by atoms with Gasteiger partial charge in [-0.1, -0.05) is 6.07 Å². The molecule has 4 rings (SSSR count). The summed E-state index contributed by atoms with van der Waals surface area (Å²) in [6.07, 6.45) is 1.45. The highest BCUT2D eigenvalue weighted by molar-refractivity contribution is 5.78. The number of aryl methyl sites for hydroxylation is 1. The van der Waals surface area contributed by atoms with Crippen molar-refractivity contribution in [2.75, 3.05) is 13.1 Å². The molecule has 1 unspecified atom stereocenters. The van der Waals surface area contributed by atoms with Crippen molar-refractivity contribution < 1.29 is 23.1 Å². The number of hydrogen-bond donors (Lipinski definition) is 1. The molecule has 1 saturated carbocycles. The van der Waals surface area contributed by atoms with E-state index in [2.05, 4.69) is 10.3 Å². The minimum Gasteiger partial charge on any atom is -0.442 e. The third-order valence-electron chi connectivity index (χ3n) is 4.71. The van der Waals surface area contributed by atoms with Gasteiger partial charge in [-0.25, -0.2) is 14.2 Å². The molecule has 2 fully saturated rings. The van der Waals surface area contributed by atoms with E-state index in [9.17, 15) is 14.0 Å². The van der Waals surface area contributed by atoms with Crippen LogP contribution >= 0.6 is 0 Å². The predicted molar refractivity (Wildman–Crippen MR) is 93.3 cm³/mol. The number of amides is 2. The maximum Gasteiger partial charge on any atom is 0.410 e. The molecule has 2 aliphatic rings. The molecular weight excluding hydrogens is 353 g/mol. The molecule has 0 spiro atoms. The van der Waals surface area contributed by atoms with E-state index in [4.69, 9.17) is 9.15 Å². The molecule has 1 aliphatic carbocycles. The Morgan fingerprint density at radius 2 is 2.22 bits per heavy atom. The van der Waals surface area contributed by atoms with Gasteiger partial charge < -0.3 is 19.4 Å². The highest BCUT2D eigenvalue weighted by atomic mass is 19.1. The number of hydrogen-bond acceptors (Lipinski definition) is 5. The number of halogens is 1. The SMILES string of the molecule is Cc1oc(-c2cccc(F)c2)nc1CC(=O)NCC1CN(C2CC2)C(=O)O1. The Morgan fingerprint density at radius 1 is 1.41 bits per heavy atom. The van der Waals surface area contributed by atoms with Gasteiger partial charge in [0.1, 0.15) is 17.7 Å². The van der Waals surface area contributed by atoms with Gasteiger partial charge in [0, 0.05) is 11.6 Å². The summed E-state index contributed by atoms with van der Waals surface area (Å²) in [5.41, 5.74) is 1.01. The standard InChI is InChI=1S/C19H20FN3O4/c1-11-16(22-18(26-11)12-3-2-4-13(20)7-12)8-17(24)21-9-15-10-23(14-5-6-14)19(25)27-15/h2-4,7,14-15H,5-6,8-10H2,1H3,(H,21,24). The average molecular weight is 373 g/mol. The monoisotopic (exact) mass is 373 g/mol. The van der Waals surface area contributed by atoms with Crippen LogP contribution in [0, 0.1) is 12.7 Å². The summed E-state index contributed by atoms with van der Waals surface area (Å²) in [4.78, 5) is 30.0. The van der Waals surface area contributed by atoms with Gasteiger partial charge in [-0.2, -0.15) is 0 Å². The summed E-state index contributed by atoms with van der Waals surface area (Å²) < 4.78 is 24.2. The molecule has 1 saturated heterocycles. The summed E-state index contributed by atoms with van der Waals surface area (Å²) >= 11 is 0. The van der Waals surface area contributed by atoms with Crippen molar-refractivity contribution in [1.82, 2.24) is 15.2 Å². The van der Waals surface area contributed by atoms with Gasteiger partial charge in [0.25, 0.3) is 0 Å². The fourth-order valence-corrected chi connectivity index (χ4v) is 3.11. The van der Waals surface area contributed by atoms with Crippen molar-refractivity contribution in [1.29, 1.82) is 0 Å². The first-order valence-electron chi connectivity index (χ1n) is 8.96. The number of benzene rings is 1. The van der Waals surface area contributed by atoms with Crippen LogP contribution in [-0.4, -0.2) is 47.1 Å². The van der Waals surface area contributed by atoms with Gasteiger partial charge >= 0.3 is 6.09 Å². The fourth-order valence-electron chi connectivity index (χ4n) is 3.11. The second kappa shape index (κ2) is 7.02. The van der Waals surface area contributed by atoms with Crippen molar-refractivity contribution in [3.63, 3.8) is 0 Å². The molecule has 1 aliphatic heterocycles. The van der Waals surface area contributed by atoms with Gasteiger partial charge in [-0.05, 0) is 38.0 Å². The zero-order valence-corrected chi connectivity index (χ0v) is 14.9. The second-order valence-electron chi connectivity index (χ2n) is 6.90. The molecule has 1 atom stereocenters. The number of cyclic esters (lactones) is 1. The van der Waals surface area contributed by atoms with E-state index in [0.29, 0.717) is 29.6 Å². The van der Waals surface area contributed by atoms with E-state index < -0.39 is 0 Å². The van der Waals surface area contributed by atoms with Crippen LogP contribution in [0.4, 0.5) is 9.18 Å². The number of aromatic nitrogens is 1. The Bertz CT molecular complexity index is 878. The molecule has 1 N–H and O–H groups in total. The third kappa shape index (κ3) is 3.94. The first kappa shape index (κ1) is 17.5. The lowest BCUT2D eigenvalue weighted by Crippen LogP contribution is -2.35. The second-order valence-corrected chi connectivity index (χ2v) is 6.90. The number of oxazole rings is 1. The van der Waals surface area contributed by atoms with E-state index in [1.807, 2.05) is 0 Å². The molecule has 1 aromatic carbocycles. The number of nitrogens with zero attached hydrogens (tertiary/aromatic N) is 2. The van der Waals surface area contributed by atoms with Crippen LogP contribution in [0.5, 0.6) is 0 Å². The first-order chi connectivity index (χ1) is 13.0. The summed E-state index contributed by atoms with van der Waals surface area (Å²) in [7, 11) is 0. The lowest BCUT2D eigenvalue weighted by Gasteiger charge is -2.11. The Kier molecular flexibility index (Phi) is 4.55. The molecule has 0 radical (unpaired) electrons. The normalized spacial score (nSPS) is 19.3. The van der Waals surface area contributed by atoms with Gasteiger partial charge in [-0.3, -0.25) is 4.79 Å². The fraction of sp³-hybridized carbons (Fsp3) is 0.421. The minimum atomic E-state index is -0.381. The maximum absolute atomic E-state index is 13.4. The molecule has 1 aromatic heterocycles. The molecular formula is C19H20FN3O4. The summed E-state index contributed by atoms with van der Waals surface area (Å²) in [5.74, 6) is 0.170. The van der Waals surface area contributed by atoms with Crippen LogP contribution < -0.4 is 5.32 Å². The minimum absolute atomic E-state index is 0.0393. The van der Waals surface area contributed by atoms with E-state index >= 15 is 0 Å². The molecule has 27 heavy (non-hydrogen) atoms. The van der Waals surface area contributed by atoms with Crippen LogP contribution in [0.3, 0.4) is 0 Å². The smallest absolute Gasteiger partial charge is 0.410 e. The van der Waals surface area contributed by atoms with E-state index in [0.717, 1.165) is 12.8 Å². The van der Waals surface area contributed by atoms with Gasteiger partial charge in [0.15, 0.2) is 0 Å². The summed E-state index contributed by atoms with van der Waals surface area (Å²) in [5, 5.41) is 2.77. The van der Waals surface area contributed by atoms with Gasteiger partial charge in [-0.15, -0.1) is 0 Å².